The highest BCUT2D eigenvalue weighted by atomic mass is 32.2. The average molecular weight is 417 g/mol. The minimum atomic E-state index is -3.57. The van der Waals surface area contributed by atoms with Gasteiger partial charge >= 0.3 is 0 Å². The van der Waals surface area contributed by atoms with Crippen molar-refractivity contribution in [2.75, 3.05) is 11.9 Å². The van der Waals surface area contributed by atoms with E-state index in [1.165, 1.54) is 16.7 Å². The van der Waals surface area contributed by atoms with Gasteiger partial charge in [-0.3, -0.25) is 14.5 Å². The van der Waals surface area contributed by atoms with Crippen LogP contribution in [0.15, 0.2) is 76.6 Å². The summed E-state index contributed by atoms with van der Waals surface area (Å²) in [5, 5.41) is 2.92. The van der Waals surface area contributed by atoms with Crippen LogP contribution in [-0.2, 0) is 21.2 Å². The number of rotatable bonds is 4. The molecule has 5 rings (SSSR count). The summed E-state index contributed by atoms with van der Waals surface area (Å²) < 4.78 is 26.7. The van der Waals surface area contributed by atoms with Gasteiger partial charge in [0, 0.05) is 17.7 Å². The van der Waals surface area contributed by atoms with Gasteiger partial charge in [0.15, 0.2) is 0 Å². The van der Waals surface area contributed by atoms with Crippen LogP contribution in [-0.4, -0.2) is 26.7 Å². The van der Waals surface area contributed by atoms with Crippen LogP contribution in [0, 0.1) is 0 Å². The van der Waals surface area contributed by atoms with Gasteiger partial charge in [0.05, 0.1) is 11.4 Å². The second-order valence-electron chi connectivity index (χ2n) is 7.34. The van der Waals surface area contributed by atoms with E-state index in [4.69, 9.17) is 0 Å². The molecule has 3 aromatic carbocycles. The molecule has 0 fully saturated rings. The van der Waals surface area contributed by atoms with Crippen LogP contribution in [0.2, 0.25) is 0 Å². The molecule has 1 heterocycles. The molecular formula is C23H19N3O3S. The minimum Gasteiger partial charge on any atom is -0.326 e. The number of amidine groups is 1. The third-order valence-electron chi connectivity index (χ3n) is 5.35. The zero-order valence-electron chi connectivity index (χ0n) is 16.1. The smallest absolute Gasteiger partial charge is 0.263 e. The molecule has 2 N–H and O–H groups in total. The number of hydrogen-bond acceptors (Lipinski definition) is 4. The summed E-state index contributed by atoms with van der Waals surface area (Å²) in [6, 6.07) is 20.9. The molecule has 0 spiro atoms. The van der Waals surface area contributed by atoms with Crippen LogP contribution >= 0.6 is 0 Å². The molecule has 0 saturated heterocycles. The lowest BCUT2D eigenvalue weighted by Gasteiger charge is -2.08. The maximum atomic E-state index is 12.4. The van der Waals surface area contributed by atoms with E-state index in [-0.39, 0.29) is 29.6 Å². The Bertz CT molecular complexity index is 1310. The lowest BCUT2D eigenvalue weighted by atomic mass is 10.1. The number of hydrogen-bond donors (Lipinski definition) is 2. The Balaban J connectivity index is 1.26. The number of aliphatic imine (C=N–C) groups is 1. The Labute approximate surface area is 174 Å². The minimum absolute atomic E-state index is 0.154. The summed E-state index contributed by atoms with van der Waals surface area (Å²) >= 11 is 0. The van der Waals surface area contributed by atoms with Gasteiger partial charge in [-0.1, -0.05) is 42.5 Å². The number of fused-ring (bicyclic) bond motifs is 4. The third kappa shape index (κ3) is 3.27. The van der Waals surface area contributed by atoms with Gasteiger partial charge in [-0.05, 0) is 52.9 Å². The highest BCUT2D eigenvalue weighted by molar-refractivity contribution is 7.90. The standard InChI is InChI=1S/C23H19N3O3S/c27-22(11-12-24-23-19-7-3-4-8-21(19)30(28,29)26-23)25-17-10-9-16-13-15-5-1-2-6-18(15)20(16)14-17/h1-10,14H,11-13H2,(H,24,26)(H,25,27). The Hall–Kier alpha value is -3.45. The number of nitrogens with one attached hydrogen (secondary N) is 2. The van der Waals surface area contributed by atoms with E-state index in [9.17, 15) is 13.2 Å². The molecule has 1 aliphatic heterocycles. The van der Waals surface area contributed by atoms with Crippen molar-refractivity contribution in [1.29, 1.82) is 0 Å². The number of anilines is 1. The second kappa shape index (κ2) is 7.11. The maximum Gasteiger partial charge on any atom is 0.263 e. The van der Waals surface area contributed by atoms with Gasteiger partial charge in [-0.2, -0.15) is 0 Å². The second-order valence-corrected chi connectivity index (χ2v) is 8.99. The van der Waals surface area contributed by atoms with Gasteiger partial charge in [0.1, 0.15) is 5.84 Å². The molecule has 0 radical (unpaired) electrons. The lowest BCUT2D eigenvalue weighted by Crippen LogP contribution is -2.23. The lowest BCUT2D eigenvalue weighted by molar-refractivity contribution is -0.116. The van der Waals surface area contributed by atoms with Crippen LogP contribution in [0.3, 0.4) is 0 Å². The summed E-state index contributed by atoms with van der Waals surface area (Å²) in [6.45, 7) is 0.186. The number of benzene rings is 3. The highest BCUT2D eigenvalue weighted by Crippen LogP contribution is 2.37. The van der Waals surface area contributed by atoms with Crippen LogP contribution in [0.4, 0.5) is 5.69 Å². The van der Waals surface area contributed by atoms with E-state index < -0.39 is 10.0 Å². The zero-order chi connectivity index (χ0) is 20.7. The van der Waals surface area contributed by atoms with Crippen LogP contribution in [0.5, 0.6) is 0 Å². The summed E-state index contributed by atoms with van der Waals surface area (Å²) in [6.07, 6.45) is 1.07. The molecular weight excluding hydrogens is 398 g/mol. The monoisotopic (exact) mass is 417 g/mol. The van der Waals surface area contributed by atoms with Crippen molar-refractivity contribution in [1.82, 2.24) is 4.72 Å². The number of nitrogens with zero attached hydrogens (tertiary/aromatic N) is 1. The molecule has 30 heavy (non-hydrogen) atoms. The van der Waals surface area contributed by atoms with E-state index in [2.05, 4.69) is 33.2 Å². The largest absolute Gasteiger partial charge is 0.326 e. The molecule has 1 amide bonds. The molecule has 0 atom stereocenters. The molecule has 1 aliphatic carbocycles. The first-order valence-electron chi connectivity index (χ1n) is 9.69. The normalized spacial score (nSPS) is 16.5. The molecule has 0 saturated carbocycles. The third-order valence-corrected chi connectivity index (χ3v) is 6.75. The van der Waals surface area contributed by atoms with Gasteiger partial charge in [0.2, 0.25) is 5.91 Å². The average Bonchev–Trinajstić information content (AvgIpc) is 3.23. The predicted octanol–water partition coefficient (Wildman–Crippen LogP) is 3.33. The Kier molecular flexibility index (Phi) is 4.40. The first kappa shape index (κ1) is 18.6. The van der Waals surface area contributed by atoms with Crippen LogP contribution in [0.25, 0.3) is 11.1 Å². The first-order valence-corrected chi connectivity index (χ1v) is 11.2. The van der Waals surface area contributed by atoms with E-state index >= 15 is 0 Å². The van der Waals surface area contributed by atoms with E-state index in [0.29, 0.717) is 5.56 Å². The van der Waals surface area contributed by atoms with Gasteiger partial charge in [0.25, 0.3) is 10.0 Å². The van der Waals surface area contributed by atoms with E-state index in [1.807, 2.05) is 24.3 Å². The summed E-state index contributed by atoms with van der Waals surface area (Å²) in [4.78, 5) is 16.9. The van der Waals surface area contributed by atoms with Crippen molar-refractivity contribution in [2.24, 2.45) is 4.99 Å². The molecule has 150 valence electrons. The molecule has 0 aromatic heterocycles. The number of carbonyl (C=O) groups excluding carboxylic acids is 1. The number of sulfonamides is 1. The fourth-order valence-corrected chi connectivity index (χ4v) is 5.20. The van der Waals surface area contributed by atoms with Gasteiger partial charge in [-0.15, -0.1) is 0 Å². The van der Waals surface area contributed by atoms with Crippen molar-refractivity contribution in [3.63, 3.8) is 0 Å². The van der Waals surface area contributed by atoms with Crippen molar-refractivity contribution < 1.29 is 13.2 Å². The SMILES string of the molecule is O=C(CCN=C1NS(=O)(=O)c2ccccc21)Nc1ccc2c(c1)-c1ccccc1C2. The fraction of sp³-hybridized carbons (Fsp3) is 0.130. The molecule has 0 unspecified atom stereocenters. The Morgan fingerprint density at radius 1 is 0.933 bits per heavy atom. The topological polar surface area (TPSA) is 87.6 Å². The zero-order valence-corrected chi connectivity index (χ0v) is 16.9. The van der Waals surface area contributed by atoms with E-state index in [0.717, 1.165) is 17.7 Å². The highest BCUT2D eigenvalue weighted by Gasteiger charge is 2.30. The molecule has 3 aromatic rings. The van der Waals surface area contributed by atoms with Gasteiger partial charge < -0.3 is 5.32 Å². The van der Waals surface area contributed by atoms with Crippen molar-refractivity contribution in [3.8, 4) is 11.1 Å². The quantitative estimate of drug-likeness (QED) is 0.534. The summed E-state index contributed by atoms with van der Waals surface area (Å²) in [5.41, 5.74) is 6.20. The maximum absolute atomic E-state index is 12.4. The fourth-order valence-electron chi connectivity index (χ4n) is 3.95. The molecule has 0 bridgehead atoms. The molecule has 6 nitrogen and oxygen atoms in total. The summed E-state index contributed by atoms with van der Waals surface area (Å²) in [7, 11) is -3.57. The Morgan fingerprint density at radius 3 is 2.53 bits per heavy atom. The first-order chi connectivity index (χ1) is 14.5. The Morgan fingerprint density at radius 2 is 1.67 bits per heavy atom. The van der Waals surface area contributed by atoms with Gasteiger partial charge in [-0.25, -0.2) is 8.42 Å². The van der Waals surface area contributed by atoms with Crippen molar-refractivity contribution in [2.45, 2.75) is 17.7 Å². The van der Waals surface area contributed by atoms with Crippen molar-refractivity contribution >= 4 is 27.5 Å². The number of carbonyl (C=O) groups is 1. The van der Waals surface area contributed by atoms with Crippen LogP contribution < -0.4 is 10.0 Å². The molecule has 2 aliphatic rings. The summed E-state index contributed by atoms with van der Waals surface area (Å²) in [5.74, 6) is 0.118. The number of amides is 1. The van der Waals surface area contributed by atoms with Crippen LogP contribution in [0.1, 0.15) is 23.1 Å². The molecule has 7 heteroatoms. The van der Waals surface area contributed by atoms with E-state index in [1.54, 1.807) is 24.3 Å². The van der Waals surface area contributed by atoms with Crippen molar-refractivity contribution in [3.05, 3.63) is 83.4 Å². The predicted molar refractivity (Wildman–Crippen MR) is 116 cm³/mol.